The molecule has 0 aliphatic rings. The number of Topliss-reactive ketones (excluding diaryl/α,β-unsaturated/α-hetero) is 4. The van der Waals surface area contributed by atoms with Crippen molar-refractivity contribution in [3.63, 3.8) is 0 Å². The van der Waals surface area contributed by atoms with Gasteiger partial charge in [-0.05, 0) is 26.7 Å². The molecule has 0 fully saturated rings. The predicted octanol–water partition coefficient (Wildman–Crippen LogP) is 2.28. The first-order valence-corrected chi connectivity index (χ1v) is 6.35. The summed E-state index contributed by atoms with van der Waals surface area (Å²) in [7, 11) is 0. The largest absolute Gasteiger partial charge is 0.299 e. The summed E-state index contributed by atoms with van der Waals surface area (Å²) < 4.78 is 0. The molecular formula is C14H22O4. The lowest BCUT2D eigenvalue weighted by Gasteiger charge is -2.26. The van der Waals surface area contributed by atoms with Crippen molar-refractivity contribution >= 4 is 23.1 Å². The van der Waals surface area contributed by atoms with Crippen LogP contribution in [0.1, 0.15) is 59.8 Å². The van der Waals surface area contributed by atoms with E-state index in [-0.39, 0.29) is 36.0 Å². The Morgan fingerprint density at radius 3 is 1.72 bits per heavy atom. The maximum atomic E-state index is 11.8. The molecule has 102 valence electrons. The second kappa shape index (κ2) is 7.19. The molecule has 4 heteroatoms. The molecule has 0 unspecified atom stereocenters. The van der Waals surface area contributed by atoms with Crippen molar-refractivity contribution in [2.45, 2.75) is 59.8 Å². The van der Waals surface area contributed by atoms with Crippen LogP contribution in [0.5, 0.6) is 0 Å². The lowest BCUT2D eigenvalue weighted by Crippen LogP contribution is -2.38. The van der Waals surface area contributed by atoms with Crippen molar-refractivity contribution in [3.8, 4) is 0 Å². The van der Waals surface area contributed by atoms with E-state index in [4.69, 9.17) is 0 Å². The van der Waals surface area contributed by atoms with Crippen LogP contribution in [-0.2, 0) is 19.2 Å². The van der Waals surface area contributed by atoms with E-state index in [1.54, 1.807) is 6.92 Å². The molecule has 4 nitrogen and oxygen atoms in total. The Kier molecular flexibility index (Phi) is 6.66. The Labute approximate surface area is 108 Å². The van der Waals surface area contributed by atoms with Crippen molar-refractivity contribution in [2.24, 2.45) is 5.41 Å². The van der Waals surface area contributed by atoms with Crippen LogP contribution in [0.2, 0.25) is 0 Å². The summed E-state index contributed by atoms with van der Waals surface area (Å²) in [5, 5.41) is 0. The molecule has 0 aliphatic carbocycles. The van der Waals surface area contributed by atoms with Crippen LogP contribution in [-0.4, -0.2) is 23.1 Å². The number of hydrogen-bond donors (Lipinski definition) is 0. The van der Waals surface area contributed by atoms with Crippen molar-refractivity contribution in [3.05, 3.63) is 0 Å². The van der Waals surface area contributed by atoms with Crippen LogP contribution in [0.25, 0.3) is 0 Å². The fourth-order valence-electron chi connectivity index (χ4n) is 2.11. The van der Waals surface area contributed by atoms with Crippen LogP contribution in [0.15, 0.2) is 0 Å². The minimum Gasteiger partial charge on any atom is -0.299 e. The molecule has 0 aromatic rings. The minimum atomic E-state index is -1.23. The van der Waals surface area contributed by atoms with Gasteiger partial charge in [0.2, 0.25) is 0 Å². The number of ketones is 4. The zero-order valence-corrected chi connectivity index (χ0v) is 11.7. The van der Waals surface area contributed by atoms with Crippen molar-refractivity contribution in [1.82, 2.24) is 0 Å². The Hall–Kier alpha value is -1.32. The molecule has 0 saturated carbocycles. The Morgan fingerprint density at radius 1 is 0.889 bits per heavy atom. The van der Waals surface area contributed by atoms with Gasteiger partial charge in [-0.3, -0.25) is 19.2 Å². The highest BCUT2D eigenvalue weighted by Crippen LogP contribution is 2.30. The summed E-state index contributed by atoms with van der Waals surface area (Å²) in [6.45, 7) is 6.23. The van der Waals surface area contributed by atoms with E-state index in [0.717, 1.165) is 0 Å². The highest BCUT2D eigenvalue weighted by Gasteiger charge is 2.40. The Balaban J connectivity index is 4.80. The zero-order chi connectivity index (χ0) is 14.3. The molecule has 0 atom stereocenters. The summed E-state index contributed by atoms with van der Waals surface area (Å²) in [6, 6.07) is 0. The van der Waals surface area contributed by atoms with E-state index in [1.165, 1.54) is 13.8 Å². The minimum absolute atomic E-state index is 0.125. The molecule has 18 heavy (non-hydrogen) atoms. The number of rotatable bonds is 9. The molecule has 0 bridgehead atoms. The van der Waals surface area contributed by atoms with Gasteiger partial charge in [0.15, 0.2) is 0 Å². The third-order valence-electron chi connectivity index (χ3n) is 3.37. The number of carbonyl (C=O) groups is 4. The lowest BCUT2D eigenvalue weighted by molar-refractivity contribution is -0.143. The molecule has 0 spiro atoms. The fraction of sp³-hybridized carbons (Fsp3) is 0.714. The molecule has 0 aromatic carbocycles. The van der Waals surface area contributed by atoms with Crippen molar-refractivity contribution in [2.75, 3.05) is 0 Å². The lowest BCUT2D eigenvalue weighted by atomic mass is 9.73. The fourth-order valence-corrected chi connectivity index (χ4v) is 2.11. The summed E-state index contributed by atoms with van der Waals surface area (Å²) in [5.74, 6) is -1.04. The average molecular weight is 254 g/mol. The predicted molar refractivity (Wildman–Crippen MR) is 68.2 cm³/mol. The van der Waals surface area contributed by atoms with Crippen molar-refractivity contribution < 1.29 is 19.2 Å². The van der Waals surface area contributed by atoms with E-state index in [2.05, 4.69) is 0 Å². The molecule has 0 aromatic heterocycles. The van der Waals surface area contributed by atoms with Gasteiger partial charge in [-0.25, -0.2) is 0 Å². The van der Waals surface area contributed by atoms with E-state index in [0.29, 0.717) is 19.3 Å². The molecule has 0 aliphatic heterocycles. The van der Waals surface area contributed by atoms with Crippen molar-refractivity contribution in [1.29, 1.82) is 0 Å². The van der Waals surface area contributed by atoms with E-state index in [1.807, 2.05) is 6.92 Å². The topological polar surface area (TPSA) is 68.3 Å². The van der Waals surface area contributed by atoms with Gasteiger partial charge in [0.1, 0.15) is 23.1 Å². The first-order chi connectivity index (χ1) is 8.30. The third-order valence-corrected chi connectivity index (χ3v) is 3.37. The van der Waals surface area contributed by atoms with Gasteiger partial charge in [0.25, 0.3) is 0 Å². The quantitative estimate of drug-likeness (QED) is 0.592. The average Bonchev–Trinajstić information content (AvgIpc) is 2.25. The maximum absolute atomic E-state index is 11.8. The summed E-state index contributed by atoms with van der Waals surface area (Å²) in [6.07, 6.45) is 1.04. The summed E-state index contributed by atoms with van der Waals surface area (Å²) in [4.78, 5) is 46.4. The van der Waals surface area contributed by atoms with Gasteiger partial charge in [0.05, 0.1) is 11.8 Å². The molecule has 0 rings (SSSR count). The second-order valence-electron chi connectivity index (χ2n) is 4.73. The van der Waals surface area contributed by atoms with Gasteiger partial charge in [-0.15, -0.1) is 0 Å². The molecule has 0 radical (unpaired) electrons. The number of hydrogen-bond acceptors (Lipinski definition) is 4. The van der Waals surface area contributed by atoms with E-state index in [9.17, 15) is 19.2 Å². The van der Waals surface area contributed by atoms with E-state index >= 15 is 0 Å². The highest BCUT2D eigenvalue weighted by atomic mass is 16.2. The number of carbonyl (C=O) groups excluding carboxylic acids is 4. The molecule has 0 heterocycles. The van der Waals surface area contributed by atoms with Crippen LogP contribution < -0.4 is 0 Å². The van der Waals surface area contributed by atoms with Crippen LogP contribution in [0, 0.1) is 5.41 Å². The molecular weight excluding hydrogens is 232 g/mol. The normalized spacial score (nSPS) is 11.1. The van der Waals surface area contributed by atoms with Crippen LogP contribution in [0.4, 0.5) is 0 Å². The third kappa shape index (κ3) is 4.17. The van der Waals surface area contributed by atoms with Gasteiger partial charge in [-0.1, -0.05) is 13.8 Å². The standard InChI is InChI=1S/C14H22O4/c1-5-7-12(17)8-13(18)9-14(6-2,10(3)15)11(4)16/h5-9H2,1-4H3. The molecule has 0 saturated heterocycles. The zero-order valence-electron chi connectivity index (χ0n) is 11.7. The van der Waals surface area contributed by atoms with Crippen LogP contribution >= 0.6 is 0 Å². The monoisotopic (exact) mass is 254 g/mol. The first kappa shape index (κ1) is 16.7. The second-order valence-corrected chi connectivity index (χ2v) is 4.73. The summed E-state index contributed by atoms with van der Waals surface area (Å²) >= 11 is 0. The molecule has 0 N–H and O–H groups in total. The van der Waals surface area contributed by atoms with Crippen LogP contribution in [0.3, 0.4) is 0 Å². The van der Waals surface area contributed by atoms with E-state index < -0.39 is 5.41 Å². The van der Waals surface area contributed by atoms with Gasteiger partial charge in [0, 0.05) is 12.8 Å². The summed E-state index contributed by atoms with van der Waals surface area (Å²) in [5.41, 5.74) is -1.23. The van der Waals surface area contributed by atoms with Gasteiger partial charge < -0.3 is 0 Å². The maximum Gasteiger partial charge on any atom is 0.143 e. The van der Waals surface area contributed by atoms with Gasteiger partial charge >= 0.3 is 0 Å². The Bertz CT molecular complexity index is 341. The Morgan fingerprint density at radius 2 is 1.39 bits per heavy atom. The first-order valence-electron chi connectivity index (χ1n) is 6.35. The smallest absolute Gasteiger partial charge is 0.143 e. The SMILES string of the molecule is CCCC(=O)CC(=O)CC(CC)(C(C)=O)C(C)=O. The van der Waals surface area contributed by atoms with Gasteiger partial charge in [-0.2, -0.15) is 0 Å². The molecule has 0 amide bonds. The highest BCUT2D eigenvalue weighted by molar-refractivity contribution is 6.10.